The second kappa shape index (κ2) is 6.25. The van der Waals surface area contributed by atoms with Crippen LogP contribution >= 0.6 is 0 Å². The summed E-state index contributed by atoms with van der Waals surface area (Å²) < 4.78 is 24.7. The lowest BCUT2D eigenvalue weighted by atomic mass is 10.1. The van der Waals surface area contributed by atoms with Crippen molar-refractivity contribution < 1.29 is 13.9 Å². The largest absolute Gasteiger partial charge is 0.497 e. The molecule has 0 heterocycles. The predicted octanol–water partition coefficient (Wildman–Crippen LogP) is 3.52. The van der Waals surface area contributed by atoms with E-state index in [1.165, 1.54) is 19.2 Å². The molecule has 0 unspecified atom stereocenters. The maximum absolute atomic E-state index is 14.0. The summed E-state index contributed by atoms with van der Waals surface area (Å²) in [6, 6.07) is 10.9. The second-order valence-corrected chi connectivity index (χ2v) is 4.56. The number of methoxy groups -OCH3 is 1. The molecule has 0 radical (unpaired) electrons. The molecule has 1 atom stereocenters. The molecule has 2 aromatic carbocycles. The van der Waals surface area contributed by atoms with Crippen molar-refractivity contribution in [2.24, 2.45) is 5.73 Å². The van der Waals surface area contributed by atoms with E-state index in [9.17, 15) is 4.39 Å². The fraction of sp³-hybridized carbons (Fsp3) is 0.188. The minimum Gasteiger partial charge on any atom is -0.497 e. The molecular weight excluding hydrogens is 271 g/mol. The lowest BCUT2D eigenvalue weighted by molar-refractivity contribution is 0.403. The first-order valence-electron chi connectivity index (χ1n) is 6.36. The lowest BCUT2D eigenvalue weighted by Crippen LogP contribution is -2.07. The molecule has 0 spiro atoms. The Hall–Kier alpha value is -2.58. The maximum atomic E-state index is 14.0. The van der Waals surface area contributed by atoms with Crippen molar-refractivity contribution in [3.05, 3.63) is 53.3 Å². The molecule has 0 fully saturated rings. The quantitative estimate of drug-likeness (QED) is 0.933. The van der Waals surface area contributed by atoms with Crippen molar-refractivity contribution in [1.29, 1.82) is 5.26 Å². The SMILES string of the molecule is COc1cc(C#N)cc(Oc2c(F)cccc2[C@@H](C)N)c1. The van der Waals surface area contributed by atoms with E-state index in [0.29, 0.717) is 22.6 Å². The first-order chi connectivity index (χ1) is 10.0. The number of rotatable bonds is 4. The third-order valence-corrected chi connectivity index (χ3v) is 2.95. The Morgan fingerprint density at radius 2 is 1.95 bits per heavy atom. The van der Waals surface area contributed by atoms with Crippen molar-refractivity contribution in [2.75, 3.05) is 7.11 Å². The van der Waals surface area contributed by atoms with Gasteiger partial charge in [-0.1, -0.05) is 12.1 Å². The van der Waals surface area contributed by atoms with E-state index in [-0.39, 0.29) is 11.8 Å². The van der Waals surface area contributed by atoms with Gasteiger partial charge in [-0.25, -0.2) is 4.39 Å². The van der Waals surface area contributed by atoms with Gasteiger partial charge in [0.1, 0.15) is 11.5 Å². The van der Waals surface area contributed by atoms with Crippen molar-refractivity contribution in [1.82, 2.24) is 0 Å². The molecule has 2 N–H and O–H groups in total. The van der Waals surface area contributed by atoms with Gasteiger partial charge in [0.2, 0.25) is 0 Å². The van der Waals surface area contributed by atoms with Crippen LogP contribution in [0.3, 0.4) is 0 Å². The molecule has 21 heavy (non-hydrogen) atoms. The molecular formula is C16H15FN2O2. The van der Waals surface area contributed by atoms with E-state index in [1.54, 1.807) is 31.2 Å². The maximum Gasteiger partial charge on any atom is 0.167 e. The van der Waals surface area contributed by atoms with Crippen LogP contribution in [0.5, 0.6) is 17.2 Å². The Kier molecular flexibility index (Phi) is 4.41. The fourth-order valence-corrected chi connectivity index (χ4v) is 1.92. The fourth-order valence-electron chi connectivity index (χ4n) is 1.92. The molecule has 108 valence electrons. The first kappa shape index (κ1) is 14.8. The number of halogens is 1. The zero-order chi connectivity index (χ0) is 15.4. The predicted molar refractivity (Wildman–Crippen MR) is 76.8 cm³/mol. The van der Waals surface area contributed by atoms with Gasteiger partial charge in [-0.2, -0.15) is 5.26 Å². The van der Waals surface area contributed by atoms with Gasteiger partial charge in [0, 0.05) is 17.7 Å². The summed E-state index contributed by atoms with van der Waals surface area (Å²) in [6.45, 7) is 1.74. The standard InChI is InChI=1S/C16H15FN2O2/c1-10(19)14-4-3-5-15(17)16(14)21-13-7-11(9-18)6-12(8-13)20-2/h3-8,10H,19H2,1-2H3/t10-/m1/s1. The van der Waals surface area contributed by atoms with Crippen LogP contribution in [0.15, 0.2) is 36.4 Å². The van der Waals surface area contributed by atoms with Crippen molar-refractivity contribution in [2.45, 2.75) is 13.0 Å². The Morgan fingerprint density at radius 3 is 2.57 bits per heavy atom. The Bertz CT molecular complexity index is 693. The van der Waals surface area contributed by atoms with E-state index < -0.39 is 5.82 Å². The molecule has 0 aliphatic rings. The highest BCUT2D eigenvalue weighted by molar-refractivity contribution is 5.47. The molecule has 2 rings (SSSR count). The number of nitrogens with zero attached hydrogens (tertiary/aromatic N) is 1. The number of nitrogens with two attached hydrogens (primary N) is 1. The monoisotopic (exact) mass is 286 g/mol. The zero-order valence-corrected chi connectivity index (χ0v) is 11.8. The number of para-hydroxylation sites is 1. The van der Waals surface area contributed by atoms with Crippen molar-refractivity contribution in [3.8, 4) is 23.3 Å². The van der Waals surface area contributed by atoms with Gasteiger partial charge in [0.25, 0.3) is 0 Å². The average Bonchev–Trinajstić information content (AvgIpc) is 2.48. The van der Waals surface area contributed by atoms with Crippen LogP contribution in [-0.2, 0) is 0 Å². The van der Waals surface area contributed by atoms with Crippen LogP contribution in [0.1, 0.15) is 24.1 Å². The number of hydrogen-bond donors (Lipinski definition) is 1. The molecule has 0 aliphatic heterocycles. The summed E-state index contributed by atoms with van der Waals surface area (Å²) in [5.41, 5.74) is 6.74. The molecule has 0 saturated carbocycles. The number of benzene rings is 2. The summed E-state index contributed by atoms with van der Waals surface area (Å²) in [5, 5.41) is 8.99. The highest BCUT2D eigenvalue weighted by Crippen LogP contribution is 2.33. The van der Waals surface area contributed by atoms with Gasteiger partial charge in [-0.15, -0.1) is 0 Å². The molecule has 0 saturated heterocycles. The molecule has 5 heteroatoms. The van der Waals surface area contributed by atoms with Crippen LogP contribution in [0.25, 0.3) is 0 Å². The summed E-state index contributed by atoms with van der Waals surface area (Å²) in [5.74, 6) is 0.330. The van der Waals surface area contributed by atoms with E-state index >= 15 is 0 Å². The smallest absolute Gasteiger partial charge is 0.167 e. The van der Waals surface area contributed by atoms with Crippen molar-refractivity contribution >= 4 is 0 Å². The van der Waals surface area contributed by atoms with Crippen LogP contribution < -0.4 is 15.2 Å². The Labute approximate surface area is 122 Å². The third kappa shape index (κ3) is 3.30. The molecule has 0 aliphatic carbocycles. The first-order valence-corrected chi connectivity index (χ1v) is 6.36. The molecule has 0 amide bonds. The lowest BCUT2D eigenvalue weighted by Gasteiger charge is -2.15. The van der Waals surface area contributed by atoms with Crippen LogP contribution in [0.2, 0.25) is 0 Å². The summed E-state index contributed by atoms with van der Waals surface area (Å²) in [6.07, 6.45) is 0. The third-order valence-electron chi connectivity index (χ3n) is 2.95. The molecule has 4 nitrogen and oxygen atoms in total. The topological polar surface area (TPSA) is 68.3 Å². The Morgan fingerprint density at radius 1 is 1.24 bits per heavy atom. The van der Waals surface area contributed by atoms with Gasteiger partial charge in [-0.3, -0.25) is 0 Å². The summed E-state index contributed by atoms with van der Waals surface area (Å²) in [7, 11) is 1.48. The van der Waals surface area contributed by atoms with Crippen LogP contribution in [0.4, 0.5) is 4.39 Å². The number of nitriles is 1. The van der Waals surface area contributed by atoms with E-state index in [2.05, 4.69) is 0 Å². The highest BCUT2D eigenvalue weighted by Gasteiger charge is 2.14. The van der Waals surface area contributed by atoms with Gasteiger partial charge < -0.3 is 15.2 Å². The molecule has 0 aromatic heterocycles. The van der Waals surface area contributed by atoms with Crippen molar-refractivity contribution in [3.63, 3.8) is 0 Å². The van der Waals surface area contributed by atoms with E-state index in [4.69, 9.17) is 20.5 Å². The Balaban J connectivity index is 2.45. The van der Waals surface area contributed by atoms with Gasteiger partial charge in [-0.05, 0) is 25.1 Å². The summed E-state index contributed by atoms with van der Waals surface area (Å²) in [4.78, 5) is 0. The molecule has 0 bridgehead atoms. The minimum atomic E-state index is -0.508. The van der Waals surface area contributed by atoms with Gasteiger partial charge >= 0.3 is 0 Å². The van der Waals surface area contributed by atoms with Gasteiger partial charge in [0.05, 0.1) is 18.7 Å². The number of hydrogen-bond acceptors (Lipinski definition) is 4. The van der Waals surface area contributed by atoms with Crippen LogP contribution in [0, 0.1) is 17.1 Å². The van der Waals surface area contributed by atoms with E-state index in [0.717, 1.165) is 0 Å². The highest BCUT2D eigenvalue weighted by atomic mass is 19.1. The minimum absolute atomic E-state index is 0.0599. The van der Waals surface area contributed by atoms with Gasteiger partial charge in [0.15, 0.2) is 11.6 Å². The number of ether oxygens (including phenoxy) is 2. The van der Waals surface area contributed by atoms with Crippen LogP contribution in [-0.4, -0.2) is 7.11 Å². The zero-order valence-electron chi connectivity index (χ0n) is 11.8. The molecule has 2 aromatic rings. The summed E-state index contributed by atoms with van der Waals surface area (Å²) >= 11 is 0. The van der Waals surface area contributed by atoms with E-state index in [1.807, 2.05) is 6.07 Å². The average molecular weight is 286 g/mol. The second-order valence-electron chi connectivity index (χ2n) is 4.56. The normalized spacial score (nSPS) is 11.6.